The first-order valence-electron chi connectivity index (χ1n) is 6.85. The fraction of sp³-hybridized carbons (Fsp3) is 0.312. The van der Waals surface area contributed by atoms with Crippen molar-refractivity contribution in [3.05, 3.63) is 59.8 Å². The number of nitrogens with zero attached hydrogens (tertiary/aromatic N) is 1. The molecule has 0 N–H and O–H groups in total. The summed E-state index contributed by atoms with van der Waals surface area (Å²) in [6, 6.07) is 9.80. The normalized spacial score (nSPS) is 19.1. The molecule has 2 heterocycles. The second kappa shape index (κ2) is 5.49. The van der Waals surface area contributed by atoms with Gasteiger partial charge in [0.2, 0.25) is 0 Å². The Balaban J connectivity index is 1.87. The number of halogens is 1. The van der Waals surface area contributed by atoms with E-state index in [-0.39, 0.29) is 17.8 Å². The highest BCUT2D eigenvalue weighted by Crippen LogP contribution is 2.32. The molecule has 1 atom stereocenters. The molecule has 1 saturated heterocycles. The molecule has 3 rings (SSSR count). The number of benzene rings is 1. The lowest BCUT2D eigenvalue weighted by atomic mass is 9.95. The van der Waals surface area contributed by atoms with Crippen LogP contribution in [0.3, 0.4) is 0 Å². The molecule has 2 aromatic rings. The van der Waals surface area contributed by atoms with Crippen molar-refractivity contribution in [2.24, 2.45) is 0 Å². The molecule has 1 aliphatic rings. The van der Waals surface area contributed by atoms with E-state index in [4.69, 9.17) is 4.42 Å². The summed E-state index contributed by atoms with van der Waals surface area (Å²) in [6.07, 6.45) is 4.47. The molecule has 20 heavy (non-hydrogen) atoms. The molecule has 0 bridgehead atoms. The van der Waals surface area contributed by atoms with Gasteiger partial charge in [-0.2, -0.15) is 0 Å². The fourth-order valence-electron chi connectivity index (χ4n) is 2.75. The van der Waals surface area contributed by atoms with E-state index in [0.29, 0.717) is 12.3 Å². The number of amides is 1. The highest BCUT2D eigenvalue weighted by Gasteiger charge is 2.29. The minimum absolute atomic E-state index is 0.00181. The van der Waals surface area contributed by atoms with Crippen molar-refractivity contribution in [1.29, 1.82) is 0 Å². The Kier molecular flexibility index (Phi) is 3.54. The third-order valence-corrected chi connectivity index (χ3v) is 3.75. The molecule has 1 fully saturated rings. The molecule has 104 valence electrons. The Bertz CT molecular complexity index is 577. The van der Waals surface area contributed by atoms with Crippen molar-refractivity contribution in [2.45, 2.75) is 25.3 Å². The van der Waals surface area contributed by atoms with Gasteiger partial charge in [0, 0.05) is 6.54 Å². The quantitative estimate of drug-likeness (QED) is 0.834. The Labute approximate surface area is 117 Å². The van der Waals surface area contributed by atoms with E-state index in [1.54, 1.807) is 24.3 Å². The molecule has 0 radical (unpaired) electrons. The maximum Gasteiger partial charge on any atom is 0.290 e. The maximum atomic E-state index is 13.0. The summed E-state index contributed by atoms with van der Waals surface area (Å²) in [5.41, 5.74) is 0.978. The van der Waals surface area contributed by atoms with E-state index in [0.717, 1.165) is 24.8 Å². The van der Waals surface area contributed by atoms with Gasteiger partial charge in [-0.15, -0.1) is 0 Å². The van der Waals surface area contributed by atoms with Gasteiger partial charge in [-0.05, 0) is 49.1 Å². The predicted molar refractivity (Wildman–Crippen MR) is 72.7 cm³/mol. The van der Waals surface area contributed by atoms with Crippen LogP contribution in [0.1, 0.15) is 41.4 Å². The number of piperidine rings is 1. The highest BCUT2D eigenvalue weighted by molar-refractivity contribution is 5.91. The Morgan fingerprint density at radius 1 is 1.20 bits per heavy atom. The van der Waals surface area contributed by atoms with Crippen LogP contribution in [-0.2, 0) is 0 Å². The summed E-state index contributed by atoms with van der Waals surface area (Å²) in [6.45, 7) is 0.710. The van der Waals surface area contributed by atoms with Crippen molar-refractivity contribution in [3.8, 4) is 0 Å². The zero-order chi connectivity index (χ0) is 13.9. The van der Waals surface area contributed by atoms with Gasteiger partial charge in [0.25, 0.3) is 5.91 Å². The predicted octanol–water partition coefficient (Wildman–Crippen LogP) is 3.79. The molecular formula is C16H16FNO2. The van der Waals surface area contributed by atoms with Crippen molar-refractivity contribution >= 4 is 5.91 Å². The largest absolute Gasteiger partial charge is 0.459 e. The van der Waals surface area contributed by atoms with Crippen LogP contribution in [0.2, 0.25) is 0 Å². The molecular weight excluding hydrogens is 257 g/mol. The van der Waals surface area contributed by atoms with E-state index < -0.39 is 0 Å². The summed E-state index contributed by atoms with van der Waals surface area (Å²) in [5, 5.41) is 0. The first-order valence-corrected chi connectivity index (χ1v) is 6.85. The lowest BCUT2D eigenvalue weighted by Gasteiger charge is -2.35. The number of hydrogen-bond donors (Lipinski definition) is 0. The number of hydrogen-bond acceptors (Lipinski definition) is 2. The van der Waals surface area contributed by atoms with Gasteiger partial charge in [0.05, 0.1) is 12.3 Å². The smallest absolute Gasteiger partial charge is 0.290 e. The van der Waals surface area contributed by atoms with Crippen LogP contribution < -0.4 is 0 Å². The zero-order valence-electron chi connectivity index (χ0n) is 11.1. The van der Waals surface area contributed by atoms with Crippen LogP contribution in [0.5, 0.6) is 0 Å². The van der Waals surface area contributed by atoms with Crippen molar-refractivity contribution < 1.29 is 13.6 Å². The first-order chi connectivity index (χ1) is 9.75. The maximum absolute atomic E-state index is 13.0. The topological polar surface area (TPSA) is 33.5 Å². The zero-order valence-corrected chi connectivity index (χ0v) is 11.1. The fourth-order valence-corrected chi connectivity index (χ4v) is 2.75. The first kappa shape index (κ1) is 12.9. The minimum Gasteiger partial charge on any atom is -0.459 e. The van der Waals surface area contributed by atoms with Gasteiger partial charge in [-0.25, -0.2) is 4.39 Å². The van der Waals surface area contributed by atoms with Gasteiger partial charge in [-0.3, -0.25) is 4.79 Å². The molecule has 3 nitrogen and oxygen atoms in total. The lowest BCUT2D eigenvalue weighted by molar-refractivity contribution is 0.0579. The second-order valence-corrected chi connectivity index (χ2v) is 5.04. The van der Waals surface area contributed by atoms with Gasteiger partial charge in [0.1, 0.15) is 5.82 Å². The summed E-state index contributed by atoms with van der Waals surface area (Å²) < 4.78 is 18.2. The Hall–Kier alpha value is -2.10. The van der Waals surface area contributed by atoms with E-state index in [1.807, 2.05) is 4.90 Å². The van der Waals surface area contributed by atoms with Crippen molar-refractivity contribution in [1.82, 2.24) is 4.90 Å². The van der Waals surface area contributed by atoms with Gasteiger partial charge < -0.3 is 9.32 Å². The van der Waals surface area contributed by atoms with E-state index in [9.17, 15) is 9.18 Å². The molecule has 1 aliphatic heterocycles. The molecule has 0 saturated carbocycles. The number of carbonyl (C=O) groups excluding carboxylic acids is 1. The monoisotopic (exact) mass is 273 g/mol. The Morgan fingerprint density at radius 3 is 2.70 bits per heavy atom. The van der Waals surface area contributed by atoms with E-state index in [1.165, 1.54) is 18.4 Å². The van der Waals surface area contributed by atoms with Crippen LogP contribution in [0.25, 0.3) is 0 Å². The summed E-state index contributed by atoms with van der Waals surface area (Å²) in [7, 11) is 0. The minimum atomic E-state index is -0.256. The van der Waals surface area contributed by atoms with E-state index >= 15 is 0 Å². The van der Waals surface area contributed by atoms with Crippen LogP contribution in [-0.4, -0.2) is 17.4 Å². The number of carbonyl (C=O) groups is 1. The average Bonchev–Trinajstić information content (AvgIpc) is 3.02. The third-order valence-electron chi connectivity index (χ3n) is 3.75. The second-order valence-electron chi connectivity index (χ2n) is 5.04. The van der Waals surface area contributed by atoms with Gasteiger partial charge >= 0.3 is 0 Å². The Morgan fingerprint density at radius 2 is 2.00 bits per heavy atom. The van der Waals surface area contributed by atoms with Crippen LogP contribution in [0.4, 0.5) is 4.39 Å². The van der Waals surface area contributed by atoms with E-state index in [2.05, 4.69) is 0 Å². The van der Waals surface area contributed by atoms with Gasteiger partial charge in [-0.1, -0.05) is 12.1 Å². The molecule has 4 heteroatoms. The number of likely N-dealkylation sites (tertiary alicyclic amines) is 1. The van der Waals surface area contributed by atoms with Gasteiger partial charge in [0.15, 0.2) is 5.76 Å². The molecule has 0 aliphatic carbocycles. The van der Waals surface area contributed by atoms with Crippen LogP contribution in [0.15, 0.2) is 47.1 Å². The summed E-state index contributed by atoms with van der Waals surface area (Å²) in [5.74, 6) is 0.0107. The van der Waals surface area contributed by atoms with Crippen molar-refractivity contribution in [2.75, 3.05) is 6.54 Å². The number of rotatable bonds is 2. The summed E-state index contributed by atoms with van der Waals surface area (Å²) >= 11 is 0. The average molecular weight is 273 g/mol. The molecule has 1 amide bonds. The molecule has 1 unspecified atom stereocenters. The lowest BCUT2D eigenvalue weighted by Crippen LogP contribution is -2.38. The number of furan rings is 1. The highest BCUT2D eigenvalue weighted by atomic mass is 19.1. The summed E-state index contributed by atoms with van der Waals surface area (Å²) in [4.78, 5) is 14.3. The van der Waals surface area contributed by atoms with Crippen LogP contribution in [0, 0.1) is 5.82 Å². The SMILES string of the molecule is O=C(c1ccco1)N1CCCCC1c1ccc(F)cc1. The molecule has 1 aromatic carbocycles. The standard InChI is InChI=1S/C16H16FNO2/c17-13-8-6-12(7-9-13)14-4-1-2-10-18(14)16(19)15-5-3-11-20-15/h3,5-9,11,14H,1-2,4,10H2. The van der Waals surface area contributed by atoms with Crippen molar-refractivity contribution in [3.63, 3.8) is 0 Å². The molecule has 0 spiro atoms. The third kappa shape index (κ3) is 2.46. The molecule has 1 aromatic heterocycles. The van der Waals surface area contributed by atoms with Crippen LogP contribution >= 0.6 is 0 Å².